The fourth-order valence-corrected chi connectivity index (χ4v) is 3.08. The summed E-state index contributed by atoms with van der Waals surface area (Å²) in [5, 5.41) is 4.02. The molecule has 0 spiro atoms. The molecule has 0 radical (unpaired) electrons. The highest BCUT2D eigenvalue weighted by Gasteiger charge is 2.32. The van der Waals surface area contributed by atoms with Gasteiger partial charge in [-0.05, 0) is 37.8 Å². The highest BCUT2D eigenvalue weighted by Crippen LogP contribution is 2.39. The molecule has 1 aliphatic carbocycles. The van der Waals surface area contributed by atoms with Crippen LogP contribution < -0.4 is 0 Å². The number of carbonyl (C=O) groups excluding carboxylic acids is 1. The smallest absolute Gasteiger partial charge is 0.256 e. The summed E-state index contributed by atoms with van der Waals surface area (Å²) in [5.74, 6) is 0.0838. The summed E-state index contributed by atoms with van der Waals surface area (Å²) in [6, 6.07) is 3.03. The lowest BCUT2D eigenvalue weighted by molar-refractivity contribution is 0.0699. The van der Waals surface area contributed by atoms with Crippen molar-refractivity contribution in [1.29, 1.82) is 0 Å². The number of hydrogen-bond acceptors (Lipinski definition) is 4. The Bertz CT molecular complexity index is 765. The van der Waals surface area contributed by atoms with Gasteiger partial charge >= 0.3 is 0 Å². The zero-order valence-corrected chi connectivity index (χ0v) is 13.0. The summed E-state index contributed by atoms with van der Waals surface area (Å²) in [6.45, 7) is 0.975. The molecule has 0 bridgehead atoms. The van der Waals surface area contributed by atoms with E-state index in [1.807, 2.05) is 0 Å². The predicted molar refractivity (Wildman–Crippen MR) is 80.5 cm³/mol. The van der Waals surface area contributed by atoms with Crippen LogP contribution in [0.1, 0.15) is 59.6 Å². The Morgan fingerprint density at radius 3 is 2.54 bits per heavy atom. The van der Waals surface area contributed by atoms with Crippen LogP contribution in [-0.2, 0) is 0 Å². The lowest BCUT2D eigenvalue weighted by Crippen LogP contribution is -2.38. The molecule has 2 aliphatic rings. The van der Waals surface area contributed by atoms with Crippen LogP contribution in [-0.4, -0.2) is 34.0 Å². The van der Waals surface area contributed by atoms with E-state index in [1.54, 1.807) is 4.90 Å². The molecule has 1 amide bonds. The van der Waals surface area contributed by atoms with Crippen molar-refractivity contribution in [2.45, 2.75) is 37.5 Å². The highest BCUT2D eigenvalue weighted by molar-refractivity contribution is 5.94. The standard InChI is InChI=1S/C17H17F2N3O2/c18-12-3-4-13(14(19)9-12)17(23)22-7-5-11(6-8-22)16-20-15(21-24-16)10-1-2-10/h3-4,9-11H,1-2,5-8H2. The van der Waals surface area contributed by atoms with E-state index in [9.17, 15) is 13.6 Å². The van der Waals surface area contributed by atoms with Gasteiger partial charge in [0.15, 0.2) is 5.82 Å². The van der Waals surface area contributed by atoms with Crippen molar-refractivity contribution < 1.29 is 18.1 Å². The molecule has 0 N–H and O–H groups in total. The Morgan fingerprint density at radius 1 is 1.12 bits per heavy atom. The first-order chi connectivity index (χ1) is 11.6. The van der Waals surface area contributed by atoms with Gasteiger partial charge in [-0.25, -0.2) is 8.78 Å². The van der Waals surface area contributed by atoms with Gasteiger partial charge in [-0.2, -0.15) is 4.98 Å². The highest BCUT2D eigenvalue weighted by atomic mass is 19.1. The molecule has 5 nitrogen and oxygen atoms in total. The number of amides is 1. The monoisotopic (exact) mass is 333 g/mol. The van der Waals surface area contributed by atoms with Gasteiger partial charge < -0.3 is 9.42 Å². The zero-order chi connectivity index (χ0) is 16.7. The Hall–Kier alpha value is -2.31. The molecule has 1 aromatic heterocycles. The van der Waals surface area contributed by atoms with Gasteiger partial charge in [0.1, 0.15) is 11.6 Å². The molecular weight excluding hydrogens is 316 g/mol. The summed E-state index contributed by atoms with van der Waals surface area (Å²) >= 11 is 0. The molecule has 0 atom stereocenters. The van der Waals surface area contributed by atoms with Crippen LogP contribution in [0.5, 0.6) is 0 Å². The lowest BCUT2D eigenvalue weighted by atomic mass is 9.96. The topological polar surface area (TPSA) is 59.2 Å². The van der Waals surface area contributed by atoms with E-state index >= 15 is 0 Å². The largest absolute Gasteiger partial charge is 0.339 e. The third-order valence-electron chi connectivity index (χ3n) is 4.69. The van der Waals surface area contributed by atoms with E-state index in [-0.39, 0.29) is 11.5 Å². The molecule has 1 aliphatic heterocycles. The van der Waals surface area contributed by atoms with Gasteiger partial charge in [0.25, 0.3) is 5.91 Å². The maximum Gasteiger partial charge on any atom is 0.256 e. The fourth-order valence-electron chi connectivity index (χ4n) is 3.08. The number of nitrogens with zero attached hydrogens (tertiary/aromatic N) is 3. The molecule has 126 valence electrons. The molecule has 0 unspecified atom stereocenters. The fraction of sp³-hybridized carbons (Fsp3) is 0.471. The Kier molecular flexibility index (Phi) is 3.78. The van der Waals surface area contributed by atoms with E-state index in [4.69, 9.17) is 4.52 Å². The molecule has 1 saturated carbocycles. The molecular formula is C17H17F2N3O2. The van der Waals surface area contributed by atoms with Crippen LogP contribution >= 0.6 is 0 Å². The van der Waals surface area contributed by atoms with E-state index < -0.39 is 17.5 Å². The van der Waals surface area contributed by atoms with Crippen molar-refractivity contribution >= 4 is 5.91 Å². The van der Waals surface area contributed by atoms with Crippen LogP contribution in [0.15, 0.2) is 22.7 Å². The normalized spacial score (nSPS) is 18.8. The quantitative estimate of drug-likeness (QED) is 0.865. The molecule has 1 aromatic carbocycles. The Balaban J connectivity index is 1.40. The van der Waals surface area contributed by atoms with Crippen molar-refractivity contribution in [3.8, 4) is 0 Å². The minimum absolute atomic E-state index is 0.0938. The van der Waals surface area contributed by atoms with E-state index in [1.165, 1.54) is 6.07 Å². The average Bonchev–Trinajstić information content (AvgIpc) is 3.32. The second kappa shape index (κ2) is 5.96. The third-order valence-corrected chi connectivity index (χ3v) is 4.69. The Labute approximate surface area is 137 Å². The van der Waals surface area contributed by atoms with Crippen LogP contribution in [0.2, 0.25) is 0 Å². The molecule has 2 aromatic rings. The first kappa shape index (κ1) is 15.2. The van der Waals surface area contributed by atoms with Gasteiger partial charge in [-0.15, -0.1) is 0 Å². The maximum atomic E-state index is 13.8. The van der Waals surface area contributed by atoms with Gasteiger partial charge in [0.05, 0.1) is 5.56 Å². The molecule has 2 fully saturated rings. The van der Waals surface area contributed by atoms with Crippen LogP contribution in [0.4, 0.5) is 8.78 Å². The minimum atomic E-state index is -0.826. The number of likely N-dealkylation sites (tertiary alicyclic amines) is 1. The number of hydrogen-bond donors (Lipinski definition) is 0. The second-order valence-corrected chi connectivity index (χ2v) is 6.46. The van der Waals surface area contributed by atoms with Crippen molar-refractivity contribution in [1.82, 2.24) is 15.0 Å². The lowest BCUT2D eigenvalue weighted by Gasteiger charge is -2.30. The summed E-state index contributed by atoms with van der Waals surface area (Å²) in [6.07, 6.45) is 3.63. The first-order valence-corrected chi connectivity index (χ1v) is 8.19. The number of benzene rings is 1. The zero-order valence-electron chi connectivity index (χ0n) is 13.0. The summed E-state index contributed by atoms with van der Waals surface area (Å²) in [5.41, 5.74) is -0.0938. The van der Waals surface area contributed by atoms with Crippen LogP contribution in [0.3, 0.4) is 0 Å². The van der Waals surface area contributed by atoms with Crippen molar-refractivity contribution in [2.24, 2.45) is 0 Å². The Morgan fingerprint density at radius 2 is 1.88 bits per heavy atom. The van der Waals surface area contributed by atoms with Crippen LogP contribution in [0, 0.1) is 11.6 Å². The number of halogens is 2. The van der Waals surface area contributed by atoms with Crippen LogP contribution in [0.25, 0.3) is 0 Å². The summed E-state index contributed by atoms with van der Waals surface area (Å²) in [7, 11) is 0. The van der Waals surface area contributed by atoms with Gasteiger partial charge in [-0.1, -0.05) is 5.16 Å². The number of piperidine rings is 1. The number of carbonyl (C=O) groups is 1. The van der Waals surface area contributed by atoms with Crippen molar-refractivity contribution in [3.05, 3.63) is 47.1 Å². The molecule has 1 saturated heterocycles. The molecule has 2 heterocycles. The van der Waals surface area contributed by atoms with Gasteiger partial charge in [0, 0.05) is 31.0 Å². The molecule has 4 rings (SSSR count). The van der Waals surface area contributed by atoms with E-state index in [2.05, 4.69) is 10.1 Å². The minimum Gasteiger partial charge on any atom is -0.339 e. The summed E-state index contributed by atoms with van der Waals surface area (Å²) in [4.78, 5) is 18.4. The summed E-state index contributed by atoms with van der Waals surface area (Å²) < 4.78 is 32.1. The van der Waals surface area contributed by atoms with Crippen molar-refractivity contribution in [2.75, 3.05) is 13.1 Å². The van der Waals surface area contributed by atoms with E-state index in [0.717, 1.165) is 30.8 Å². The predicted octanol–water partition coefficient (Wildman–Crippen LogP) is 3.25. The molecule has 7 heteroatoms. The third kappa shape index (κ3) is 2.90. The molecule has 24 heavy (non-hydrogen) atoms. The van der Waals surface area contributed by atoms with Gasteiger partial charge in [-0.3, -0.25) is 4.79 Å². The second-order valence-electron chi connectivity index (χ2n) is 6.46. The van der Waals surface area contributed by atoms with Crippen molar-refractivity contribution in [3.63, 3.8) is 0 Å². The first-order valence-electron chi connectivity index (χ1n) is 8.19. The van der Waals surface area contributed by atoms with E-state index in [0.29, 0.717) is 37.7 Å². The number of aromatic nitrogens is 2. The SMILES string of the molecule is O=C(c1ccc(F)cc1F)N1CCC(c2nc(C3CC3)no2)CC1. The maximum absolute atomic E-state index is 13.8. The van der Waals surface area contributed by atoms with Gasteiger partial charge in [0.2, 0.25) is 5.89 Å². The average molecular weight is 333 g/mol. The number of rotatable bonds is 3.